The fourth-order valence-corrected chi connectivity index (χ4v) is 3.33. The summed E-state index contributed by atoms with van der Waals surface area (Å²) >= 11 is 0. The van der Waals surface area contributed by atoms with Crippen LogP contribution in [0.4, 0.5) is 0 Å². The number of aryl methyl sites for hydroxylation is 1. The lowest BCUT2D eigenvalue weighted by molar-refractivity contribution is -0.124. The van der Waals surface area contributed by atoms with Gasteiger partial charge in [0.25, 0.3) is 11.7 Å². The molecule has 1 amide bonds. The molecule has 0 atom stereocenters. The Hall–Kier alpha value is -3.67. The number of fused-ring (bicyclic) bond motifs is 1. The third-order valence-corrected chi connectivity index (χ3v) is 4.69. The van der Waals surface area contributed by atoms with Gasteiger partial charge in [-0.1, -0.05) is 53.7 Å². The maximum Gasteiger partial charge on any atom is 0.294 e. The lowest BCUT2D eigenvalue weighted by Gasteiger charge is -2.10. The molecule has 0 unspecified atom stereocenters. The summed E-state index contributed by atoms with van der Waals surface area (Å²) in [6.07, 6.45) is 0. The number of benzene rings is 2. The highest BCUT2D eigenvalue weighted by molar-refractivity contribution is 6.46. The van der Waals surface area contributed by atoms with Crippen molar-refractivity contribution in [3.8, 4) is 22.5 Å². The van der Waals surface area contributed by atoms with E-state index in [0.29, 0.717) is 33.7 Å². The maximum absolute atomic E-state index is 13.1. The Morgan fingerprint density at radius 2 is 1.68 bits per heavy atom. The van der Waals surface area contributed by atoms with Crippen LogP contribution in [0.5, 0.6) is 0 Å². The Morgan fingerprint density at radius 3 is 2.39 bits per heavy atom. The van der Waals surface area contributed by atoms with E-state index in [1.54, 1.807) is 21.0 Å². The minimum absolute atomic E-state index is 0.331. The van der Waals surface area contributed by atoms with Gasteiger partial charge >= 0.3 is 0 Å². The molecule has 2 heterocycles. The molecule has 0 saturated heterocycles. The van der Waals surface area contributed by atoms with Gasteiger partial charge in [0.05, 0.1) is 16.8 Å². The van der Waals surface area contributed by atoms with E-state index in [0.717, 1.165) is 11.1 Å². The van der Waals surface area contributed by atoms with Gasteiger partial charge < -0.3 is 14.4 Å². The zero-order chi connectivity index (χ0) is 19.8. The van der Waals surface area contributed by atoms with Crippen molar-refractivity contribution in [1.82, 2.24) is 15.0 Å². The number of hydrogen-bond donors (Lipinski definition) is 1. The molecule has 6 heteroatoms. The summed E-state index contributed by atoms with van der Waals surface area (Å²) in [4.78, 5) is 30.1. The molecular formula is C22H19N3O3. The van der Waals surface area contributed by atoms with E-state index < -0.39 is 11.7 Å². The fourth-order valence-electron chi connectivity index (χ4n) is 3.33. The van der Waals surface area contributed by atoms with Crippen LogP contribution >= 0.6 is 0 Å². The Kier molecular flexibility index (Phi) is 4.31. The molecule has 28 heavy (non-hydrogen) atoms. The number of nitrogens with one attached hydrogen (secondary N) is 1. The van der Waals surface area contributed by atoms with Crippen molar-refractivity contribution < 1.29 is 14.1 Å². The van der Waals surface area contributed by atoms with Crippen molar-refractivity contribution in [2.45, 2.75) is 6.92 Å². The summed E-state index contributed by atoms with van der Waals surface area (Å²) in [6.45, 7) is 1.79. The second-order valence-corrected chi connectivity index (χ2v) is 6.78. The first kappa shape index (κ1) is 17.7. The number of aromatic nitrogens is 2. The minimum atomic E-state index is -0.582. The largest absolute Gasteiger partial charge is 0.360 e. The summed E-state index contributed by atoms with van der Waals surface area (Å²) in [6, 6.07) is 17.0. The van der Waals surface area contributed by atoms with Crippen molar-refractivity contribution in [3.63, 3.8) is 0 Å². The van der Waals surface area contributed by atoms with Gasteiger partial charge in [-0.05, 0) is 13.0 Å². The van der Waals surface area contributed by atoms with Crippen LogP contribution in [-0.4, -0.2) is 40.8 Å². The summed E-state index contributed by atoms with van der Waals surface area (Å²) in [5.74, 6) is -0.588. The molecule has 0 aliphatic rings. The molecule has 0 aliphatic heterocycles. The number of ketones is 1. The average Bonchev–Trinajstić information content (AvgIpc) is 3.27. The molecule has 0 radical (unpaired) electrons. The van der Waals surface area contributed by atoms with Crippen LogP contribution in [0, 0.1) is 6.92 Å². The molecule has 1 N–H and O–H groups in total. The van der Waals surface area contributed by atoms with E-state index >= 15 is 0 Å². The Morgan fingerprint density at radius 1 is 1.00 bits per heavy atom. The lowest BCUT2D eigenvalue weighted by atomic mass is 9.97. The highest BCUT2D eigenvalue weighted by Gasteiger charge is 2.29. The second kappa shape index (κ2) is 6.81. The topological polar surface area (TPSA) is 79.2 Å². The maximum atomic E-state index is 13.1. The monoisotopic (exact) mass is 373 g/mol. The van der Waals surface area contributed by atoms with Crippen molar-refractivity contribution in [3.05, 3.63) is 65.9 Å². The highest BCUT2D eigenvalue weighted by atomic mass is 16.5. The molecule has 4 aromatic rings. The van der Waals surface area contributed by atoms with E-state index in [9.17, 15) is 9.59 Å². The van der Waals surface area contributed by atoms with Crippen LogP contribution in [0.3, 0.4) is 0 Å². The summed E-state index contributed by atoms with van der Waals surface area (Å²) < 4.78 is 5.47. The number of para-hydroxylation sites is 1. The van der Waals surface area contributed by atoms with E-state index in [-0.39, 0.29) is 0 Å². The van der Waals surface area contributed by atoms with E-state index in [4.69, 9.17) is 4.52 Å². The Balaban J connectivity index is 2.01. The van der Waals surface area contributed by atoms with Gasteiger partial charge in [0.1, 0.15) is 11.5 Å². The SMILES string of the molecule is Cc1onc(-c2ccccc2)c1-c1[nH]c2ccccc2c1C(=O)C(=O)N(C)C. The van der Waals surface area contributed by atoms with Crippen LogP contribution < -0.4 is 0 Å². The van der Waals surface area contributed by atoms with E-state index in [2.05, 4.69) is 10.1 Å². The first-order valence-corrected chi connectivity index (χ1v) is 8.87. The Bertz CT molecular complexity index is 1190. The Labute approximate surface area is 161 Å². The van der Waals surface area contributed by atoms with Crippen molar-refractivity contribution >= 4 is 22.6 Å². The fraction of sp³-hybridized carbons (Fsp3) is 0.136. The van der Waals surface area contributed by atoms with Gasteiger partial charge in [-0.15, -0.1) is 0 Å². The van der Waals surface area contributed by atoms with Crippen LogP contribution in [-0.2, 0) is 4.79 Å². The third kappa shape index (κ3) is 2.79. The predicted octanol–water partition coefficient (Wildman–Crippen LogP) is 4.07. The number of Topliss-reactive ketones (excluding diaryl/α,β-unsaturated/α-hetero) is 1. The van der Waals surface area contributed by atoms with Gasteiger partial charge in [0.2, 0.25) is 0 Å². The number of aromatic amines is 1. The molecule has 0 spiro atoms. The zero-order valence-corrected chi connectivity index (χ0v) is 15.8. The average molecular weight is 373 g/mol. The molecule has 0 saturated carbocycles. The molecule has 2 aromatic heterocycles. The zero-order valence-electron chi connectivity index (χ0n) is 15.8. The number of carbonyl (C=O) groups excluding carboxylic acids is 2. The minimum Gasteiger partial charge on any atom is -0.360 e. The number of likely N-dealkylation sites (N-methyl/N-ethyl adjacent to an activating group) is 1. The number of amides is 1. The molecule has 2 aromatic carbocycles. The smallest absolute Gasteiger partial charge is 0.294 e. The van der Waals surface area contributed by atoms with Crippen molar-refractivity contribution in [1.29, 1.82) is 0 Å². The molecule has 0 bridgehead atoms. The summed E-state index contributed by atoms with van der Waals surface area (Å²) in [7, 11) is 3.13. The number of H-pyrrole nitrogens is 1. The van der Waals surface area contributed by atoms with Gasteiger partial charge in [-0.25, -0.2) is 0 Å². The first-order chi connectivity index (χ1) is 13.5. The summed E-state index contributed by atoms with van der Waals surface area (Å²) in [5, 5.41) is 4.90. The molecule has 6 nitrogen and oxygen atoms in total. The highest BCUT2D eigenvalue weighted by Crippen LogP contribution is 2.38. The van der Waals surface area contributed by atoms with Crippen LogP contribution in [0.1, 0.15) is 16.1 Å². The lowest BCUT2D eigenvalue weighted by Crippen LogP contribution is -2.30. The van der Waals surface area contributed by atoms with Crippen LogP contribution in [0.25, 0.3) is 33.4 Å². The van der Waals surface area contributed by atoms with Crippen LogP contribution in [0.2, 0.25) is 0 Å². The number of nitrogens with zero attached hydrogens (tertiary/aromatic N) is 2. The third-order valence-electron chi connectivity index (χ3n) is 4.69. The van der Waals surface area contributed by atoms with E-state index in [1.807, 2.05) is 54.6 Å². The number of hydrogen-bond acceptors (Lipinski definition) is 4. The molecule has 0 aliphatic carbocycles. The quantitative estimate of drug-likeness (QED) is 0.432. The second-order valence-electron chi connectivity index (χ2n) is 6.78. The van der Waals surface area contributed by atoms with Gasteiger partial charge in [0.15, 0.2) is 0 Å². The van der Waals surface area contributed by atoms with E-state index in [1.165, 1.54) is 4.90 Å². The molecular weight excluding hydrogens is 354 g/mol. The first-order valence-electron chi connectivity index (χ1n) is 8.87. The number of rotatable bonds is 4. The van der Waals surface area contributed by atoms with Crippen molar-refractivity contribution in [2.24, 2.45) is 0 Å². The summed E-state index contributed by atoms with van der Waals surface area (Å²) in [5.41, 5.74) is 3.81. The molecule has 140 valence electrons. The predicted molar refractivity (Wildman–Crippen MR) is 107 cm³/mol. The van der Waals surface area contributed by atoms with Gasteiger partial charge in [-0.2, -0.15) is 0 Å². The van der Waals surface area contributed by atoms with Gasteiger partial charge in [0, 0.05) is 30.6 Å². The normalized spacial score (nSPS) is 11.0. The molecule has 4 rings (SSSR count). The number of carbonyl (C=O) groups is 2. The van der Waals surface area contributed by atoms with Gasteiger partial charge in [-0.3, -0.25) is 9.59 Å². The van der Waals surface area contributed by atoms with Crippen molar-refractivity contribution in [2.75, 3.05) is 14.1 Å². The standard InChI is InChI=1S/C22H19N3O3/c1-13-17(19(24-28-13)14-9-5-4-6-10-14)20-18(21(26)22(27)25(2)3)15-11-7-8-12-16(15)23-20/h4-12,23H,1-3H3. The molecule has 0 fully saturated rings. The van der Waals surface area contributed by atoms with Crippen LogP contribution in [0.15, 0.2) is 59.1 Å².